The lowest BCUT2D eigenvalue weighted by atomic mass is 9.92. The fourth-order valence-electron chi connectivity index (χ4n) is 2.11. The summed E-state index contributed by atoms with van der Waals surface area (Å²) in [5.41, 5.74) is 2.47. The van der Waals surface area contributed by atoms with Crippen LogP contribution in [0.1, 0.15) is 23.3 Å². The molecule has 0 aromatic heterocycles. The van der Waals surface area contributed by atoms with Crippen molar-refractivity contribution in [1.82, 2.24) is 0 Å². The van der Waals surface area contributed by atoms with Crippen LogP contribution in [0.5, 0.6) is 0 Å². The zero-order valence-corrected chi connectivity index (χ0v) is 7.31. The lowest BCUT2D eigenvalue weighted by Crippen LogP contribution is -2.08. The number of carboxylic acid groups (broad SMARTS) is 1. The Labute approximate surface area is 80.6 Å². The molecular weight excluding hydrogens is 180 g/mol. The van der Waals surface area contributed by atoms with E-state index in [-0.39, 0.29) is 12.2 Å². The number of carbonyl (C=O) groups is 1. The van der Waals surface area contributed by atoms with Crippen LogP contribution in [0.2, 0.25) is 0 Å². The minimum atomic E-state index is -0.882. The van der Waals surface area contributed by atoms with Gasteiger partial charge >= 0.3 is 5.97 Å². The van der Waals surface area contributed by atoms with E-state index in [0.29, 0.717) is 5.57 Å². The highest BCUT2D eigenvalue weighted by molar-refractivity contribution is 5.89. The Balaban J connectivity index is 2.13. The van der Waals surface area contributed by atoms with Crippen molar-refractivity contribution in [2.75, 3.05) is 0 Å². The minimum absolute atomic E-state index is 0.151. The van der Waals surface area contributed by atoms with Crippen LogP contribution in [-0.2, 0) is 9.53 Å². The minimum Gasteiger partial charge on any atom is -0.478 e. The smallest absolute Gasteiger partial charge is 0.334 e. The van der Waals surface area contributed by atoms with Crippen LogP contribution in [-0.4, -0.2) is 11.1 Å². The molecule has 3 heteroatoms. The highest BCUT2D eigenvalue weighted by Crippen LogP contribution is 2.49. The van der Waals surface area contributed by atoms with E-state index in [1.165, 1.54) is 0 Å². The number of hydrogen-bond acceptors (Lipinski definition) is 2. The van der Waals surface area contributed by atoms with Crippen LogP contribution in [0.25, 0.3) is 0 Å². The first-order chi connectivity index (χ1) is 6.77. The van der Waals surface area contributed by atoms with E-state index in [9.17, 15) is 4.79 Å². The summed E-state index contributed by atoms with van der Waals surface area (Å²) in [6.45, 7) is 0. The van der Waals surface area contributed by atoms with Crippen molar-refractivity contribution in [3.8, 4) is 0 Å². The first-order valence-corrected chi connectivity index (χ1v) is 4.46. The molecule has 2 aliphatic heterocycles. The average Bonchev–Trinajstić information content (AvgIpc) is 2.75. The van der Waals surface area contributed by atoms with E-state index in [4.69, 9.17) is 9.84 Å². The maximum Gasteiger partial charge on any atom is 0.334 e. The zero-order chi connectivity index (χ0) is 9.71. The van der Waals surface area contributed by atoms with E-state index in [2.05, 4.69) is 0 Å². The van der Waals surface area contributed by atoms with Crippen molar-refractivity contribution in [3.05, 3.63) is 47.0 Å². The average molecular weight is 188 g/mol. The molecule has 2 bridgehead atoms. The topological polar surface area (TPSA) is 46.5 Å². The highest BCUT2D eigenvalue weighted by atomic mass is 16.5. The van der Waals surface area contributed by atoms with E-state index in [1.54, 1.807) is 6.08 Å². The van der Waals surface area contributed by atoms with E-state index < -0.39 is 5.97 Å². The normalized spacial score (nSPS) is 27.3. The molecule has 2 aliphatic rings. The predicted molar refractivity (Wildman–Crippen MR) is 48.7 cm³/mol. The maximum atomic E-state index is 10.9. The molecule has 0 aliphatic carbocycles. The summed E-state index contributed by atoms with van der Waals surface area (Å²) in [6, 6.07) is 7.75. The third-order valence-electron chi connectivity index (χ3n) is 2.73. The second-order valence-electron chi connectivity index (χ2n) is 3.49. The van der Waals surface area contributed by atoms with Gasteiger partial charge in [-0.3, -0.25) is 0 Å². The fourth-order valence-corrected chi connectivity index (χ4v) is 2.11. The standard InChI is InChI=1S/C11H8O3/c12-11(13)8-5-9-6-3-1-2-4-7(6)10(8)14-9/h1-5,9-10H,(H,12,13)/t9-,10-/m1/s1. The van der Waals surface area contributed by atoms with Crippen LogP contribution in [0.3, 0.4) is 0 Å². The Morgan fingerprint density at radius 2 is 2.00 bits per heavy atom. The Hall–Kier alpha value is -1.61. The molecule has 0 saturated carbocycles. The molecule has 2 heterocycles. The molecule has 14 heavy (non-hydrogen) atoms. The molecule has 0 saturated heterocycles. The molecule has 1 N–H and O–H groups in total. The zero-order valence-electron chi connectivity index (χ0n) is 7.31. The Morgan fingerprint density at radius 1 is 1.29 bits per heavy atom. The van der Waals surface area contributed by atoms with Gasteiger partial charge in [-0.25, -0.2) is 4.79 Å². The van der Waals surface area contributed by atoms with Crippen LogP contribution >= 0.6 is 0 Å². The fraction of sp³-hybridized carbons (Fsp3) is 0.182. The Bertz CT molecular complexity index is 448. The number of fused-ring (bicyclic) bond motifs is 5. The van der Waals surface area contributed by atoms with Crippen molar-refractivity contribution in [3.63, 3.8) is 0 Å². The van der Waals surface area contributed by atoms with Gasteiger partial charge in [-0.15, -0.1) is 0 Å². The van der Waals surface area contributed by atoms with Gasteiger partial charge in [0.1, 0.15) is 12.2 Å². The van der Waals surface area contributed by atoms with Crippen molar-refractivity contribution in [2.45, 2.75) is 12.2 Å². The third kappa shape index (κ3) is 0.822. The number of carboxylic acids is 1. The second kappa shape index (κ2) is 2.45. The summed E-state index contributed by atoms with van der Waals surface area (Å²) in [6.07, 6.45) is 1.19. The lowest BCUT2D eigenvalue weighted by Gasteiger charge is -2.09. The summed E-state index contributed by atoms with van der Waals surface area (Å²) in [5.74, 6) is -0.882. The Morgan fingerprint density at radius 3 is 2.71 bits per heavy atom. The molecule has 0 fully saturated rings. The number of ether oxygens (including phenoxy) is 1. The summed E-state index contributed by atoms with van der Waals surface area (Å²) in [7, 11) is 0. The highest BCUT2D eigenvalue weighted by Gasteiger charge is 2.41. The third-order valence-corrected chi connectivity index (χ3v) is 2.73. The summed E-state index contributed by atoms with van der Waals surface area (Å²) >= 11 is 0. The molecule has 1 aromatic carbocycles. The summed E-state index contributed by atoms with van der Waals surface area (Å²) in [4.78, 5) is 10.9. The molecule has 3 rings (SSSR count). The molecule has 2 atom stereocenters. The largest absolute Gasteiger partial charge is 0.478 e. The molecule has 1 aromatic rings. The molecule has 0 amide bonds. The van der Waals surface area contributed by atoms with Gasteiger partial charge in [0.2, 0.25) is 0 Å². The Kier molecular flexibility index (Phi) is 1.36. The number of aliphatic carboxylic acids is 1. The van der Waals surface area contributed by atoms with Crippen LogP contribution in [0.15, 0.2) is 35.9 Å². The lowest BCUT2D eigenvalue weighted by molar-refractivity contribution is -0.133. The van der Waals surface area contributed by atoms with Gasteiger partial charge in [-0.1, -0.05) is 24.3 Å². The predicted octanol–water partition coefficient (Wildman–Crippen LogP) is 1.82. The van der Waals surface area contributed by atoms with Crippen LogP contribution in [0, 0.1) is 0 Å². The van der Waals surface area contributed by atoms with E-state index in [0.717, 1.165) is 11.1 Å². The van der Waals surface area contributed by atoms with Gasteiger partial charge in [0, 0.05) is 0 Å². The summed E-state index contributed by atoms with van der Waals surface area (Å²) < 4.78 is 5.54. The first-order valence-electron chi connectivity index (χ1n) is 4.46. The molecule has 0 unspecified atom stereocenters. The molecule has 0 spiro atoms. The first kappa shape index (κ1) is 7.76. The van der Waals surface area contributed by atoms with Gasteiger partial charge in [-0.2, -0.15) is 0 Å². The van der Waals surface area contributed by atoms with E-state index >= 15 is 0 Å². The van der Waals surface area contributed by atoms with Crippen molar-refractivity contribution in [1.29, 1.82) is 0 Å². The number of hydrogen-bond donors (Lipinski definition) is 1. The van der Waals surface area contributed by atoms with Crippen LogP contribution in [0.4, 0.5) is 0 Å². The van der Waals surface area contributed by atoms with Gasteiger partial charge in [0.25, 0.3) is 0 Å². The summed E-state index contributed by atoms with van der Waals surface area (Å²) in [5, 5.41) is 8.91. The van der Waals surface area contributed by atoms with Crippen LogP contribution < -0.4 is 0 Å². The second-order valence-corrected chi connectivity index (χ2v) is 3.49. The van der Waals surface area contributed by atoms with Gasteiger partial charge in [0.05, 0.1) is 5.57 Å². The quantitative estimate of drug-likeness (QED) is 0.731. The van der Waals surface area contributed by atoms with E-state index in [1.807, 2.05) is 24.3 Å². The molecule has 3 nitrogen and oxygen atoms in total. The van der Waals surface area contributed by atoms with Gasteiger partial charge in [-0.05, 0) is 17.2 Å². The van der Waals surface area contributed by atoms with Crippen molar-refractivity contribution >= 4 is 5.97 Å². The monoisotopic (exact) mass is 188 g/mol. The number of benzene rings is 1. The van der Waals surface area contributed by atoms with Gasteiger partial charge in [0.15, 0.2) is 0 Å². The van der Waals surface area contributed by atoms with Gasteiger partial charge < -0.3 is 9.84 Å². The number of rotatable bonds is 1. The maximum absolute atomic E-state index is 10.9. The molecule has 0 radical (unpaired) electrons. The van der Waals surface area contributed by atoms with Crippen molar-refractivity contribution < 1.29 is 14.6 Å². The molecular formula is C11H8O3. The molecule has 70 valence electrons. The SMILES string of the molecule is O=C(O)C1=C[C@H]2O[C@@H]1c1ccccc12. The van der Waals surface area contributed by atoms with Crippen molar-refractivity contribution in [2.24, 2.45) is 0 Å².